The standard InChI is InChI=1S/C24H48O2/c1-6-8-10-12-14-16-18-22(19-17-15-13-11-9-7-2)26-23(25)20-21-24(3,4)5/h22H,6-21H2,1-5H3. The van der Waals surface area contributed by atoms with E-state index in [1.165, 1.54) is 77.0 Å². The molecule has 0 saturated carbocycles. The van der Waals surface area contributed by atoms with Gasteiger partial charge in [-0.15, -0.1) is 0 Å². The van der Waals surface area contributed by atoms with Crippen LogP contribution >= 0.6 is 0 Å². The predicted octanol–water partition coefficient (Wildman–Crippen LogP) is 8.23. The van der Waals surface area contributed by atoms with E-state index in [2.05, 4.69) is 34.6 Å². The number of rotatable bonds is 17. The second-order valence-corrected chi connectivity index (χ2v) is 9.29. The van der Waals surface area contributed by atoms with Gasteiger partial charge in [0.05, 0.1) is 0 Å². The molecule has 0 N–H and O–H groups in total. The molecular weight excluding hydrogens is 320 g/mol. The van der Waals surface area contributed by atoms with Gasteiger partial charge in [0.2, 0.25) is 0 Å². The zero-order chi connectivity index (χ0) is 19.7. The first-order valence-corrected chi connectivity index (χ1v) is 11.6. The second kappa shape index (κ2) is 16.6. The van der Waals surface area contributed by atoms with Crippen molar-refractivity contribution in [3.8, 4) is 0 Å². The van der Waals surface area contributed by atoms with Crippen LogP contribution in [-0.4, -0.2) is 12.1 Å². The Kier molecular flexibility index (Phi) is 16.3. The lowest BCUT2D eigenvalue weighted by atomic mass is 9.91. The van der Waals surface area contributed by atoms with E-state index in [0.717, 1.165) is 19.3 Å². The van der Waals surface area contributed by atoms with Crippen molar-refractivity contribution in [1.29, 1.82) is 0 Å². The van der Waals surface area contributed by atoms with Crippen LogP contribution in [0.2, 0.25) is 0 Å². The van der Waals surface area contributed by atoms with Crippen LogP contribution in [0, 0.1) is 5.41 Å². The normalized spacial score (nSPS) is 11.9. The average molecular weight is 369 g/mol. The van der Waals surface area contributed by atoms with E-state index in [1.54, 1.807) is 0 Å². The zero-order valence-electron chi connectivity index (χ0n) is 18.7. The van der Waals surface area contributed by atoms with Crippen molar-refractivity contribution in [1.82, 2.24) is 0 Å². The first-order chi connectivity index (χ1) is 12.4. The molecule has 2 nitrogen and oxygen atoms in total. The molecule has 0 rings (SSSR count). The highest BCUT2D eigenvalue weighted by Crippen LogP contribution is 2.22. The van der Waals surface area contributed by atoms with Crippen LogP contribution < -0.4 is 0 Å². The average Bonchev–Trinajstić information content (AvgIpc) is 2.58. The van der Waals surface area contributed by atoms with Gasteiger partial charge in [-0.2, -0.15) is 0 Å². The minimum atomic E-state index is 0.0156. The molecule has 0 aromatic rings. The summed E-state index contributed by atoms with van der Waals surface area (Å²) in [6, 6.07) is 0. The Morgan fingerprint density at radius 1 is 0.731 bits per heavy atom. The number of hydrogen-bond donors (Lipinski definition) is 0. The molecule has 2 heteroatoms. The topological polar surface area (TPSA) is 26.3 Å². The fourth-order valence-electron chi connectivity index (χ4n) is 3.29. The Morgan fingerprint density at radius 3 is 1.58 bits per heavy atom. The molecule has 0 heterocycles. The van der Waals surface area contributed by atoms with E-state index in [9.17, 15) is 4.79 Å². The number of ether oxygens (including phenoxy) is 1. The number of carbonyl (C=O) groups excluding carboxylic acids is 1. The maximum Gasteiger partial charge on any atom is 0.306 e. The SMILES string of the molecule is CCCCCCCCC(CCCCCCCC)OC(=O)CCC(C)(C)C. The largest absolute Gasteiger partial charge is 0.462 e. The van der Waals surface area contributed by atoms with Crippen molar-refractivity contribution in [3.63, 3.8) is 0 Å². The van der Waals surface area contributed by atoms with Crippen LogP contribution in [0.3, 0.4) is 0 Å². The lowest BCUT2D eigenvalue weighted by Gasteiger charge is -2.21. The summed E-state index contributed by atoms with van der Waals surface area (Å²) in [6.45, 7) is 11.1. The van der Waals surface area contributed by atoms with Crippen LogP contribution in [0.5, 0.6) is 0 Å². The van der Waals surface area contributed by atoms with E-state index in [1.807, 2.05) is 0 Å². The molecule has 0 aliphatic heterocycles. The molecule has 0 unspecified atom stereocenters. The minimum absolute atomic E-state index is 0.0156. The van der Waals surface area contributed by atoms with E-state index in [4.69, 9.17) is 4.74 Å². The van der Waals surface area contributed by atoms with Crippen molar-refractivity contribution < 1.29 is 9.53 Å². The van der Waals surface area contributed by atoms with Gasteiger partial charge in [-0.1, -0.05) is 98.8 Å². The number of carbonyl (C=O) groups is 1. The lowest BCUT2D eigenvalue weighted by Crippen LogP contribution is -2.20. The van der Waals surface area contributed by atoms with Crippen LogP contribution in [0.4, 0.5) is 0 Å². The summed E-state index contributed by atoms with van der Waals surface area (Å²) in [5.74, 6) is 0.0156. The molecule has 156 valence electrons. The summed E-state index contributed by atoms with van der Waals surface area (Å²) in [5, 5.41) is 0. The molecular formula is C24H48O2. The molecule has 0 amide bonds. The Bertz CT molecular complexity index is 301. The van der Waals surface area contributed by atoms with E-state index >= 15 is 0 Å². The highest BCUT2D eigenvalue weighted by Gasteiger charge is 2.17. The van der Waals surface area contributed by atoms with Crippen molar-refractivity contribution in [2.24, 2.45) is 5.41 Å². The van der Waals surface area contributed by atoms with Gasteiger partial charge < -0.3 is 4.74 Å². The van der Waals surface area contributed by atoms with E-state index < -0.39 is 0 Å². The van der Waals surface area contributed by atoms with Crippen LogP contribution in [0.1, 0.15) is 137 Å². The first kappa shape index (κ1) is 25.5. The number of esters is 1. The number of unbranched alkanes of at least 4 members (excludes halogenated alkanes) is 10. The summed E-state index contributed by atoms with van der Waals surface area (Å²) >= 11 is 0. The van der Waals surface area contributed by atoms with Gasteiger partial charge in [-0.3, -0.25) is 4.79 Å². The summed E-state index contributed by atoms with van der Waals surface area (Å²) in [7, 11) is 0. The van der Waals surface area contributed by atoms with Gasteiger partial charge in [0.1, 0.15) is 6.10 Å². The van der Waals surface area contributed by atoms with E-state index in [-0.39, 0.29) is 17.5 Å². The van der Waals surface area contributed by atoms with Gasteiger partial charge in [0, 0.05) is 6.42 Å². The predicted molar refractivity (Wildman–Crippen MR) is 115 cm³/mol. The highest BCUT2D eigenvalue weighted by atomic mass is 16.5. The van der Waals surface area contributed by atoms with Gasteiger partial charge in [0.25, 0.3) is 0 Å². The molecule has 0 saturated heterocycles. The van der Waals surface area contributed by atoms with Crippen LogP contribution in [0.15, 0.2) is 0 Å². The summed E-state index contributed by atoms with van der Waals surface area (Å²) in [5.41, 5.74) is 0.201. The summed E-state index contributed by atoms with van der Waals surface area (Å²) in [6.07, 6.45) is 19.4. The molecule has 0 bridgehead atoms. The molecule has 0 spiro atoms. The molecule has 0 aromatic carbocycles. The summed E-state index contributed by atoms with van der Waals surface area (Å²) in [4.78, 5) is 12.2. The van der Waals surface area contributed by atoms with Gasteiger partial charge >= 0.3 is 5.97 Å². The molecule has 0 fully saturated rings. The van der Waals surface area contributed by atoms with Crippen LogP contribution in [-0.2, 0) is 9.53 Å². The van der Waals surface area contributed by atoms with Gasteiger partial charge in [-0.25, -0.2) is 0 Å². The maximum atomic E-state index is 12.2. The Morgan fingerprint density at radius 2 is 1.15 bits per heavy atom. The highest BCUT2D eigenvalue weighted by molar-refractivity contribution is 5.69. The Hall–Kier alpha value is -0.530. The smallest absolute Gasteiger partial charge is 0.306 e. The van der Waals surface area contributed by atoms with Crippen molar-refractivity contribution in [2.75, 3.05) is 0 Å². The van der Waals surface area contributed by atoms with Crippen molar-refractivity contribution in [3.05, 3.63) is 0 Å². The fraction of sp³-hybridized carbons (Fsp3) is 0.958. The Labute approximate surface area is 164 Å². The monoisotopic (exact) mass is 368 g/mol. The zero-order valence-corrected chi connectivity index (χ0v) is 18.7. The minimum Gasteiger partial charge on any atom is -0.462 e. The molecule has 0 aliphatic rings. The van der Waals surface area contributed by atoms with Gasteiger partial charge in [-0.05, 0) is 37.5 Å². The van der Waals surface area contributed by atoms with Crippen LogP contribution in [0.25, 0.3) is 0 Å². The summed E-state index contributed by atoms with van der Waals surface area (Å²) < 4.78 is 5.86. The molecule has 0 aromatic heterocycles. The lowest BCUT2D eigenvalue weighted by molar-refractivity contribution is -0.150. The third-order valence-corrected chi connectivity index (χ3v) is 5.14. The van der Waals surface area contributed by atoms with Crippen molar-refractivity contribution in [2.45, 2.75) is 143 Å². The quantitative estimate of drug-likeness (QED) is 0.191. The molecule has 0 aliphatic carbocycles. The molecule has 0 radical (unpaired) electrons. The number of hydrogen-bond acceptors (Lipinski definition) is 2. The van der Waals surface area contributed by atoms with Crippen molar-refractivity contribution >= 4 is 5.97 Å². The third-order valence-electron chi connectivity index (χ3n) is 5.14. The Balaban J connectivity index is 4.11. The first-order valence-electron chi connectivity index (χ1n) is 11.6. The maximum absolute atomic E-state index is 12.2. The second-order valence-electron chi connectivity index (χ2n) is 9.29. The molecule has 0 atom stereocenters. The van der Waals surface area contributed by atoms with E-state index in [0.29, 0.717) is 6.42 Å². The van der Waals surface area contributed by atoms with Gasteiger partial charge in [0.15, 0.2) is 0 Å². The third kappa shape index (κ3) is 18.3. The molecule has 26 heavy (non-hydrogen) atoms. The fourth-order valence-corrected chi connectivity index (χ4v) is 3.29.